The van der Waals surface area contributed by atoms with Crippen molar-refractivity contribution in [2.24, 2.45) is 11.1 Å². The number of hydrogen-bond donors (Lipinski definition) is 2. The summed E-state index contributed by atoms with van der Waals surface area (Å²) in [4.78, 5) is 12.7. The molecule has 1 atom stereocenters. The zero-order chi connectivity index (χ0) is 18.6. The fourth-order valence-electron chi connectivity index (χ4n) is 3.19. The molecule has 138 valence electrons. The van der Waals surface area contributed by atoms with Gasteiger partial charge in [0.25, 0.3) is 0 Å². The molecule has 5 nitrogen and oxygen atoms in total. The molecule has 0 saturated heterocycles. The van der Waals surface area contributed by atoms with Gasteiger partial charge in [0.05, 0.1) is 10.8 Å². The second kappa shape index (κ2) is 8.01. The van der Waals surface area contributed by atoms with Gasteiger partial charge in [0.1, 0.15) is 0 Å². The lowest BCUT2D eigenvalue weighted by Gasteiger charge is -2.16. The molecule has 0 radical (unpaired) electrons. The Morgan fingerprint density at radius 2 is 1.73 bits per heavy atom. The highest BCUT2D eigenvalue weighted by molar-refractivity contribution is 7.89. The fraction of sp³-hybridized carbons (Fsp3) is 0.350. The topological polar surface area (TPSA) is 89.3 Å². The zero-order valence-electron chi connectivity index (χ0n) is 14.6. The minimum absolute atomic E-state index is 0.0507. The van der Waals surface area contributed by atoms with E-state index in [9.17, 15) is 13.2 Å². The highest BCUT2D eigenvalue weighted by atomic mass is 32.2. The Bertz CT molecular complexity index is 844. The van der Waals surface area contributed by atoms with Gasteiger partial charge in [0.15, 0.2) is 0 Å². The Labute approximate surface area is 154 Å². The summed E-state index contributed by atoms with van der Waals surface area (Å²) >= 11 is 0. The molecule has 1 unspecified atom stereocenters. The number of sulfonamides is 1. The summed E-state index contributed by atoms with van der Waals surface area (Å²) < 4.78 is 22.5. The molecule has 26 heavy (non-hydrogen) atoms. The molecule has 1 amide bonds. The van der Waals surface area contributed by atoms with Crippen molar-refractivity contribution in [2.45, 2.75) is 36.5 Å². The lowest BCUT2D eigenvalue weighted by molar-refractivity contribution is -0.123. The minimum Gasteiger partial charge on any atom is -0.356 e. The number of aryl methyl sites for hydroxylation is 1. The van der Waals surface area contributed by atoms with E-state index in [1.165, 1.54) is 12.1 Å². The van der Waals surface area contributed by atoms with Gasteiger partial charge >= 0.3 is 0 Å². The number of rotatable bonds is 8. The first-order valence-corrected chi connectivity index (χ1v) is 10.4. The maximum Gasteiger partial charge on any atom is 0.238 e. The molecule has 6 heteroatoms. The van der Waals surface area contributed by atoms with Crippen LogP contribution in [0.15, 0.2) is 59.5 Å². The third kappa shape index (κ3) is 4.93. The Balaban J connectivity index is 1.49. The van der Waals surface area contributed by atoms with Crippen LogP contribution in [-0.2, 0) is 21.2 Å². The molecule has 1 aliphatic carbocycles. The van der Waals surface area contributed by atoms with Gasteiger partial charge in [0.2, 0.25) is 15.9 Å². The Morgan fingerprint density at radius 1 is 1.08 bits per heavy atom. The molecule has 1 fully saturated rings. The quantitative estimate of drug-likeness (QED) is 0.698. The first-order chi connectivity index (χ1) is 12.4. The standard InChI is InChI=1S/C20H24N2O3S/c21-26(24,25)18-12-8-15(9-13-18)5-4-14-22-20(23)19(17-10-11-17)16-6-2-1-3-7-16/h1-3,6-9,12-13,17,19H,4-5,10-11,14H2,(H,22,23)(H2,21,24,25). The van der Waals surface area contributed by atoms with E-state index in [0.29, 0.717) is 12.5 Å². The second-order valence-corrected chi connectivity index (χ2v) is 8.37. The fourth-order valence-corrected chi connectivity index (χ4v) is 3.70. The van der Waals surface area contributed by atoms with E-state index >= 15 is 0 Å². The number of hydrogen-bond acceptors (Lipinski definition) is 3. The van der Waals surface area contributed by atoms with Crippen LogP contribution in [0.3, 0.4) is 0 Å². The van der Waals surface area contributed by atoms with E-state index in [1.54, 1.807) is 12.1 Å². The average molecular weight is 372 g/mol. The van der Waals surface area contributed by atoms with Crippen molar-refractivity contribution in [3.05, 3.63) is 65.7 Å². The number of primary sulfonamides is 1. The third-order valence-corrected chi connectivity index (χ3v) is 5.66. The summed E-state index contributed by atoms with van der Waals surface area (Å²) in [5.74, 6) is 0.511. The molecular formula is C20H24N2O3S. The van der Waals surface area contributed by atoms with Crippen LogP contribution in [0, 0.1) is 5.92 Å². The van der Waals surface area contributed by atoms with Gasteiger partial charge in [-0.1, -0.05) is 42.5 Å². The first kappa shape index (κ1) is 18.6. The SMILES string of the molecule is NS(=O)(=O)c1ccc(CCCNC(=O)C(c2ccccc2)C2CC2)cc1. The van der Waals surface area contributed by atoms with E-state index in [1.807, 2.05) is 30.3 Å². The molecule has 2 aromatic rings. The molecule has 0 bridgehead atoms. The number of amides is 1. The van der Waals surface area contributed by atoms with Crippen molar-refractivity contribution in [2.75, 3.05) is 6.54 Å². The molecule has 3 N–H and O–H groups in total. The Morgan fingerprint density at radius 3 is 2.31 bits per heavy atom. The number of nitrogens with one attached hydrogen (secondary N) is 1. The van der Waals surface area contributed by atoms with E-state index < -0.39 is 10.0 Å². The summed E-state index contributed by atoms with van der Waals surface area (Å²) in [5, 5.41) is 8.15. The second-order valence-electron chi connectivity index (χ2n) is 6.81. The van der Waals surface area contributed by atoms with Crippen LogP contribution >= 0.6 is 0 Å². The summed E-state index contributed by atoms with van der Waals surface area (Å²) in [5.41, 5.74) is 2.11. The summed E-state index contributed by atoms with van der Waals surface area (Å²) in [6.07, 6.45) is 3.80. The van der Waals surface area contributed by atoms with Crippen molar-refractivity contribution < 1.29 is 13.2 Å². The summed E-state index contributed by atoms with van der Waals surface area (Å²) in [6, 6.07) is 16.5. The average Bonchev–Trinajstić information content (AvgIpc) is 3.44. The van der Waals surface area contributed by atoms with Crippen LogP contribution in [0.25, 0.3) is 0 Å². The van der Waals surface area contributed by atoms with Crippen LogP contribution in [0.5, 0.6) is 0 Å². The summed E-state index contributed by atoms with van der Waals surface area (Å²) in [7, 11) is -3.65. The van der Waals surface area contributed by atoms with Gasteiger partial charge in [-0.25, -0.2) is 13.6 Å². The van der Waals surface area contributed by atoms with Crippen LogP contribution in [0.1, 0.15) is 36.3 Å². The first-order valence-electron chi connectivity index (χ1n) is 8.89. The predicted molar refractivity (Wildman–Crippen MR) is 101 cm³/mol. The smallest absolute Gasteiger partial charge is 0.238 e. The maximum atomic E-state index is 12.6. The van der Waals surface area contributed by atoms with Crippen molar-refractivity contribution in [3.8, 4) is 0 Å². The molecule has 2 aromatic carbocycles. The minimum atomic E-state index is -3.65. The van der Waals surface area contributed by atoms with E-state index in [2.05, 4.69) is 5.32 Å². The van der Waals surface area contributed by atoms with Crippen LogP contribution < -0.4 is 10.5 Å². The van der Waals surface area contributed by atoms with Gasteiger partial charge in [-0.2, -0.15) is 0 Å². The van der Waals surface area contributed by atoms with Crippen molar-refractivity contribution >= 4 is 15.9 Å². The molecule has 0 spiro atoms. The Kier molecular flexibility index (Phi) is 5.74. The lowest BCUT2D eigenvalue weighted by Crippen LogP contribution is -2.31. The molecule has 0 heterocycles. The molecule has 0 aliphatic heterocycles. The van der Waals surface area contributed by atoms with Gasteiger partial charge < -0.3 is 5.32 Å². The van der Waals surface area contributed by atoms with Gasteiger partial charge in [-0.3, -0.25) is 4.79 Å². The molecule has 0 aromatic heterocycles. The lowest BCUT2D eigenvalue weighted by atomic mass is 9.93. The third-order valence-electron chi connectivity index (χ3n) is 4.73. The van der Waals surface area contributed by atoms with Crippen LogP contribution in [0.4, 0.5) is 0 Å². The highest BCUT2D eigenvalue weighted by Crippen LogP contribution is 2.42. The van der Waals surface area contributed by atoms with Crippen LogP contribution in [0.2, 0.25) is 0 Å². The van der Waals surface area contributed by atoms with Gasteiger partial charge in [0, 0.05) is 6.54 Å². The molecular weight excluding hydrogens is 348 g/mol. The number of benzene rings is 2. The summed E-state index contributed by atoms with van der Waals surface area (Å²) in [6.45, 7) is 0.603. The van der Waals surface area contributed by atoms with Crippen molar-refractivity contribution in [1.82, 2.24) is 5.32 Å². The molecule has 1 aliphatic rings. The molecule has 3 rings (SSSR count). The monoisotopic (exact) mass is 372 g/mol. The van der Waals surface area contributed by atoms with Gasteiger partial charge in [-0.05, 0) is 54.9 Å². The maximum absolute atomic E-state index is 12.6. The van der Waals surface area contributed by atoms with E-state index in [-0.39, 0.29) is 16.7 Å². The normalized spacial score (nSPS) is 15.4. The van der Waals surface area contributed by atoms with Crippen molar-refractivity contribution in [3.63, 3.8) is 0 Å². The molecule has 1 saturated carbocycles. The van der Waals surface area contributed by atoms with E-state index in [4.69, 9.17) is 5.14 Å². The van der Waals surface area contributed by atoms with Gasteiger partial charge in [-0.15, -0.1) is 0 Å². The number of nitrogens with two attached hydrogens (primary N) is 1. The van der Waals surface area contributed by atoms with Crippen molar-refractivity contribution in [1.29, 1.82) is 0 Å². The van der Waals surface area contributed by atoms with Crippen LogP contribution in [-0.4, -0.2) is 20.9 Å². The zero-order valence-corrected chi connectivity index (χ0v) is 15.4. The predicted octanol–water partition coefficient (Wildman–Crippen LogP) is 2.58. The highest BCUT2D eigenvalue weighted by Gasteiger charge is 2.36. The largest absolute Gasteiger partial charge is 0.356 e. The number of carbonyl (C=O) groups excluding carboxylic acids is 1. The Hall–Kier alpha value is -2.18. The van der Waals surface area contributed by atoms with E-state index in [0.717, 1.165) is 36.8 Å². The number of carbonyl (C=O) groups is 1.